The molecule has 4 aromatic carbocycles. The fraction of sp³-hybridized carbons (Fsp3) is 0.0667. The molecule has 2 aromatic heterocycles. The van der Waals surface area contributed by atoms with Crippen LogP contribution in [0.25, 0.3) is 33.7 Å². The lowest BCUT2D eigenvalue weighted by Gasteiger charge is -2.01. The molecule has 0 bridgehead atoms. The number of hydrogen-bond donors (Lipinski definition) is 7. The first-order chi connectivity index (χ1) is 25.1. The van der Waals surface area contributed by atoms with Crippen LogP contribution in [0.4, 0.5) is 11.4 Å². The number of hydrogen-bond acceptors (Lipinski definition) is 17. The maximum atomic E-state index is 10.6. The Kier molecular flexibility index (Phi) is 17.2. The van der Waals surface area contributed by atoms with E-state index in [-0.39, 0.29) is 24.3 Å². The highest BCUT2D eigenvalue weighted by Crippen LogP contribution is 2.56. The topological polar surface area (TPSA) is 346 Å². The van der Waals surface area contributed by atoms with E-state index in [9.17, 15) is 23.6 Å². The van der Waals surface area contributed by atoms with Crippen LogP contribution in [0.15, 0.2) is 81.6 Å². The summed E-state index contributed by atoms with van der Waals surface area (Å²) in [6.07, 6.45) is 0. The average molecular weight is 849 g/mol. The van der Waals surface area contributed by atoms with Gasteiger partial charge in [-0.3, -0.25) is 19.4 Å². The molecule has 0 saturated carbocycles. The number of halogens is 2. The summed E-state index contributed by atoms with van der Waals surface area (Å²) in [6, 6.07) is 20.0. The molecule has 24 heteroatoms. The maximum absolute atomic E-state index is 10.6. The molecule has 0 fully saturated rings. The second kappa shape index (κ2) is 20.5. The van der Waals surface area contributed by atoms with Crippen LogP contribution in [-0.2, 0) is 18.4 Å². The molecule has 6 rings (SSSR count). The van der Waals surface area contributed by atoms with Gasteiger partial charge in [-0.15, -0.1) is 0 Å². The molecular weight excluding hydrogens is 820 g/mol. The number of carbonyl (C=O) groups is 2. The van der Waals surface area contributed by atoms with Crippen molar-refractivity contribution in [2.75, 3.05) is 11.5 Å². The number of phenolic OH excluding ortho intramolecular Hbond substituents is 2. The zero-order chi connectivity index (χ0) is 40.9. The number of nitrogens with two attached hydrogens (primary N) is 2. The number of fused-ring (bicyclic) bond motifs is 2. The average Bonchev–Trinajstić information content (AvgIpc) is 3.68. The highest BCUT2D eigenvalue weighted by atomic mass is 35.5. The number of aryl methyl sites for hydroxylation is 2. The molecule has 2 heterocycles. The lowest BCUT2D eigenvalue weighted by Crippen LogP contribution is -1.92. The third kappa shape index (κ3) is 14.5. The molecule has 2 unspecified atom stereocenters. The van der Waals surface area contributed by atoms with Gasteiger partial charge in [-0.05, 0) is 83.2 Å². The Morgan fingerprint density at radius 3 is 1.61 bits per heavy atom. The van der Waals surface area contributed by atoms with Crippen LogP contribution in [0, 0.1) is 13.8 Å². The number of anilines is 2. The van der Waals surface area contributed by atoms with Crippen LogP contribution >= 0.6 is 46.5 Å². The monoisotopic (exact) mass is 848 g/mol. The molecule has 288 valence electrons. The quantitative estimate of drug-likeness (QED) is 0.0202. The molecule has 0 saturated heterocycles. The molecule has 54 heavy (non-hydrogen) atoms. The Hall–Kier alpha value is -4.87. The largest absolute Gasteiger partial charge is 0.588 e. The number of phenols is 2. The standard InChI is InChI=1S/C16H12N2O2.C8H4Cl2O2.C6H8N2O2.H2O5P2.HO4P.H2/c1-9-3-5-11(6-4-9)16-18-13-7-12-14(8-15(13)20-16)19-10(2)17-12;9-7(11)5-1-2-6(4-3-5)8(10)12;7-3-1-4(8)6(10)2-5(3)9;1-6(2)7(3,4)5;1-4-5(2)3;/h3-8H,1-2H3;1-4H;1-2,9-10H,7-8H2;(H2,3,4,5);1H;1H. The summed E-state index contributed by atoms with van der Waals surface area (Å²) in [7, 11) is -11.4. The number of rotatable bonds is 5. The van der Waals surface area contributed by atoms with Gasteiger partial charge >= 0.3 is 23.3 Å². The summed E-state index contributed by atoms with van der Waals surface area (Å²) in [5.41, 5.74) is 16.7. The van der Waals surface area contributed by atoms with E-state index in [1.54, 1.807) is 0 Å². The molecule has 0 radical (unpaired) electrons. The Bertz CT molecular complexity index is 2190. The molecule has 9 N–H and O–H groups in total. The minimum atomic E-state index is -4.78. The van der Waals surface area contributed by atoms with Crippen molar-refractivity contribution in [1.82, 2.24) is 9.97 Å². The van der Waals surface area contributed by atoms with Gasteiger partial charge in [0.2, 0.25) is 5.89 Å². The Labute approximate surface area is 316 Å². The lowest BCUT2D eigenvalue weighted by atomic mass is 10.1. The van der Waals surface area contributed by atoms with E-state index in [1.807, 2.05) is 43.3 Å². The van der Waals surface area contributed by atoms with Crippen molar-refractivity contribution in [3.05, 3.63) is 95.4 Å². The predicted octanol–water partition coefficient (Wildman–Crippen LogP) is 5.88. The van der Waals surface area contributed by atoms with Crippen LogP contribution in [-0.4, -0.2) is 45.7 Å². The SMILES string of the molecule is Cc1ccc(-c2nc3cc4nc(C)oc4cc3o2)cc1.Nc1cc(N)c(O)cc1O.O=C(Cl)c1ccc(C(=O)Cl)cc1.O=[P+]([O-])OO.O=[P+]([O-])P(=O)(O)O.[HH]. The van der Waals surface area contributed by atoms with E-state index in [0.29, 0.717) is 28.5 Å². The Balaban J connectivity index is 0.000000375. The molecule has 0 aliphatic heterocycles. The number of aromatic hydroxyl groups is 2. The zero-order valence-corrected chi connectivity index (χ0v) is 31.6. The van der Waals surface area contributed by atoms with Crippen molar-refractivity contribution in [2.45, 2.75) is 13.8 Å². The Morgan fingerprint density at radius 2 is 1.22 bits per heavy atom. The van der Waals surface area contributed by atoms with Crippen molar-refractivity contribution in [3.8, 4) is 23.0 Å². The van der Waals surface area contributed by atoms with E-state index in [1.165, 1.54) is 35.9 Å². The first-order valence-electron chi connectivity index (χ1n) is 14.1. The smallest absolute Gasteiger partial charge is 0.561 e. The minimum Gasteiger partial charge on any atom is -0.588 e. The van der Waals surface area contributed by atoms with E-state index < -0.39 is 33.7 Å². The lowest BCUT2D eigenvalue weighted by molar-refractivity contribution is -0.244. The fourth-order valence-corrected chi connectivity index (χ4v) is 3.88. The van der Waals surface area contributed by atoms with Gasteiger partial charge in [0.15, 0.2) is 17.1 Å². The number of carbonyl (C=O) groups excluding carboxylic acids is 2. The zero-order valence-electron chi connectivity index (χ0n) is 27.4. The highest BCUT2D eigenvalue weighted by molar-refractivity contribution is 8.19. The first kappa shape index (κ1) is 45.3. The number of oxazole rings is 2. The third-order valence-corrected chi connectivity index (χ3v) is 8.37. The number of benzene rings is 4. The van der Waals surface area contributed by atoms with Crippen molar-refractivity contribution in [2.24, 2.45) is 0 Å². The molecule has 19 nitrogen and oxygen atoms in total. The second-order valence-corrected chi connectivity index (χ2v) is 15.4. The van der Waals surface area contributed by atoms with Gasteiger partial charge in [-0.1, -0.05) is 22.3 Å². The van der Waals surface area contributed by atoms with Gasteiger partial charge in [0.25, 0.3) is 10.5 Å². The predicted molar refractivity (Wildman–Crippen MR) is 195 cm³/mol. The van der Waals surface area contributed by atoms with Crippen LogP contribution in [0.5, 0.6) is 11.5 Å². The molecule has 0 aliphatic carbocycles. The molecular formula is C30H29Cl2N4O15P3. The van der Waals surface area contributed by atoms with E-state index in [4.69, 9.17) is 78.2 Å². The summed E-state index contributed by atoms with van der Waals surface area (Å²) < 4.78 is 41.7. The van der Waals surface area contributed by atoms with E-state index in [0.717, 1.165) is 28.2 Å². The third-order valence-electron chi connectivity index (χ3n) is 6.10. The van der Waals surface area contributed by atoms with Gasteiger partial charge in [-0.2, -0.15) is 0 Å². The van der Waals surface area contributed by atoms with Gasteiger partial charge in [0.1, 0.15) is 22.5 Å². The van der Waals surface area contributed by atoms with Gasteiger partial charge in [0.05, 0.1) is 11.4 Å². The summed E-state index contributed by atoms with van der Waals surface area (Å²) in [5.74, 6) is 0.939. The first-order valence-corrected chi connectivity index (χ1v) is 19.4. The summed E-state index contributed by atoms with van der Waals surface area (Å²) >= 11 is 10.4. The van der Waals surface area contributed by atoms with Crippen molar-refractivity contribution >= 4 is 90.5 Å². The van der Waals surface area contributed by atoms with Crippen LogP contribution < -0.4 is 21.3 Å². The minimum absolute atomic E-state index is 0. The van der Waals surface area contributed by atoms with Crippen molar-refractivity contribution in [1.29, 1.82) is 0 Å². The number of aromatic nitrogens is 2. The van der Waals surface area contributed by atoms with E-state index >= 15 is 0 Å². The summed E-state index contributed by atoms with van der Waals surface area (Å²) in [5, 5.41) is 23.7. The molecule has 2 atom stereocenters. The number of nitrogens with zero attached hydrogens (tertiary/aromatic N) is 2. The normalized spacial score (nSPS) is 11.0. The Morgan fingerprint density at radius 1 is 0.796 bits per heavy atom. The number of nitrogen functional groups attached to an aromatic ring is 2. The summed E-state index contributed by atoms with van der Waals surface area (Å²) in [6.45, 7) is 3.88. The van der Waals surface area contributed by atoms with Gasteiger partial charge in [-0.25, -0.2) is 19.8 Å². The van der Waals surface area contributed by atoms with Crippen LogP contribution in [0.2, 0.25) is 0 Å². The van der Waals surface area contributed by atoms with Crippen molar-refractivity contribution in [3.63, 3.8) is 0 Å². The fourth-order valence-electron chi connectivity index (χ4n) is 3.63. The molecule has 0 aliphatic rings. The summed E-state index contributed by atoms with van der Waals surface area (Å²) in [4.78, 5) is 63.4. The molecule has 0 amide bonds. The van der Waals surface area contributed by atoms with Crippen LogP contribution in [0.1, 0.15) is 33.6 Å². The second-order valence-electron chi connectivity index (χ2n) is 10.1. The maximum Gasteiger partial charge on any atom is 0.561 e. The molecule has 0 spiro atoms. The van der Waals surface area contributed by atoms with Gasteiger partial charge < -0.3 is 40.3 Å². The van der Waals surface area contributed by atoms with Gasteiger partial charge in [0, 0.05) is 41.8 Å². The van der Waals surface area contributed by atoms with Crippen molar-refractivity contribution < 1.29 is 73.3 Å². The highest BCUT2D eigenvalue weighted by Gasteiger charge is 2.30. The van der Waals surface area contributed by atoms with Crippen LogP contribution in [0.3, 0.4) is 0 Å². The molecule has 6 aromatic rings. The van der Waals surface area contributed by atoms with E-state index in [2.05, 4.69) is 21.6 Å².